The topological polar surface area (TPSA) is 72.7 Å². The molecule has 1 aromatic carbocycles. The fourth-order valence-electron chi connectivity index (χ4n) is 1.82. The maximum absolute atomic E-state index is 11.8. The van der Waals surface area contributed by atoms with Crippen LogP contribution < -0.4 is 10.6 Å². The summed E-state index contributed by atoms with van der Waals surface area (Å²) in [6, 6.07) is 9.07. The summed E-state index contributed by atoms with van der Waals surface area (Å²) >= 11 is 0. The highest BCUT2D eigenvalue weighted by atomic mass is 16.5. The van der Waals surface area contributed by atoms with Gasteiger partial charge >= 0.3 is 6.03 Å². The second-order valence-electron chi connectivity index (χ2n) is 4.69. The molecule has 6 heteroatoms. The Labute approximate surface area is 129 Å². The highest BCUT2D eigenvalue weighted by molar-refractivity contribution is 5.89. The Morgan fingerprint density at radius 3 is 2.91 bits per heavy atom. The monoisotopic (exact) mass is 304 g/mol. The first-order valence-electron chi connectivity index (χ1n) is 6.99. The Bertz CT molecular complexity index is 569. The molecule has 0 radical (unpaired) electrons. The predicted octanol–water partition coefficient (Wildman–Crippen LogP) is 2.76. The van der Waals surface area contributed by atoms with E-state index in [4.69, 9.17) is 13.9 Å². The molecule has 0 atom stereocenters. The summed E-state index contributed by atoms with van der Waals surface area (Å²) in [6.07, 6.45) is 3.17. The van der Waals surface area contributed by atoms with E-state index in [1.54, 1.807) is 25.7 Å². The van der Waals surface area contributed by atoms with Gasteiger partial charge in [0.05, 0.1) is 32.3 Å². The number of carbonyl (C=O) groups excluding carboxylic acids is 1. The molecule has 2 amide bonds. The lowest BCUT2D eigenvalue weighted by molar-refractivity contribution is 0.0617. The maximum atomic E-state index is 11.8. The number of urea groups is 1. The van der Waals surface area contributed by atoms with Gasteiger partial charge in [-0.1, -0.05) is 12.1 Å². The van der Waals surface area contributed by atoms with Crippen molar-refractivity contribution in [2.45, 2.75) is 13.2 Å². The van der Waals surface area contributed by atoms with Gasteiger partial charge < -0.3 is 24.5 Å². The van der Waals surface area contributed by atoms with Crippen LogP contribution in [0.1, 0.15) is 11.1 Å². The van der Waals surface area contributed by atoms with Crippen molar-refractivity contribution in [2.75, 3.05) is 25.6 Å². The Hall–Kier alpha value is -2.31. The van der Waals surface area contributed by atoms with E-state index in [2.05, 4.69) is 10.6 Å². The number of ether oxygens (including phenoxy) is 2. The molecule has 0 aliphatic rings. The summed E-state index contributed by atoms with van der Waals surface area (Å²) in [6.45, 7) is 2.01. The molecular weight excluding hydrogens is 284 g/mol. The minimum absolute atomic E-state index is 0.265. The van der Waals surface area contributed by atoms with Crippen molar-refractivity contribution in [1.82, 2.24) is 5.32 Å². The molecule has 1 heterocycles. The first kappa shape index (κ1) is 16.1. The van der Waals surface area contributed by atoms with Gasteiger partial charge in [0, 0.05) is 24.9 Å². The highest BCUT2D eigenvalue weighted by Gasteiger charge is 2.03. The normalized spacial score (nSPS) is 10.4. The van der Waals surface area contributed by atoms with Crippen LogP contribution in [0.5, 0.6) is 0 Å². The van der Waals surface area contributed by atoms with Crippen LogP contribution in [0.15, 0.2) is 47.3 Å². The molecule has 0 fully saturated rings. The van der Waals surface area contributed by atoms with E-state index in [0.717, 1.165) is 16.8 Å². The van der Waals surface area contributed by atoms with Crippen molar-refractivity contribution in [3.8, 4) is 0 Å². The second kappa shape index (κ2) is 8.86. The first-order valence-corrected chi connectivity index (χ1v) is 6.99. The van der Waals surface area contributed by atoms with Gasteiger partial charge in [-0.15, -0.1) is 0 Å². The van der Waals surface area contributed by atoms with E-state index in [1.807, 2.05) is 24.3 Å². The lowest BCUT2D eigenvalue weighted by Gasteiger charge is -2.09. The van der Waals surface area contributed by atoms with Crippen molar-refractivity contribution < 1.29 is 18.7 Å². The van der Waals surface area contributed by atoms with Crippen LogP contribution in [-0.4, -0.2) is 26.4 Å². The van der Waals surface area contributed by atoms with Gasteiger partial charge in [-0.2, -0.15) is 0 Å². The smallest absolute Gasteiger partial charge is 0.319 e. The summed E-state index contributed by atoms with van der Waals surface area (Å²) < 4.78 is 15.3. The zero-order valence-electron chi connectivity index (χ0n) is 12.5. The molecule has 2 aromatic rings. The molecule has 0 aliphatic carbocycles. The quantitative estimate of drug-likeness (QED) is 0.736. The molecule has 0 unspecified atom stereocenters. The van der Waals surface area contributed by atoms with Crippen molar-refractivity contribution >= 4 is 11.7 Å². The number of nitrogens with one attached hydrogen (secondary N) is 2. The van der Waals surface area contributed by atoms with Gasteiger partial charge in [0.25, 0.3) is 0 Å². The average Bonchev–Trinajstić information content (AvgIpc) is 3.03. The molecule has 0 spiro atoms. The molecule has 0 saturated heterocycles. The number of amides is 2. The third-order valence-electron chi connectivity index (χ3n) is 2.92. The molecule has 22 heavy (non-hydrogen) atoms. The van der Waals surface area contributed by atoms with Gasteiger partial charge in [-0.3, -0.25) is 0 Å². The summed E-state index contributed by atoms with van der Waals surface area (Å²) in [5.41, 5.74) is 2.62. The van der Waals surface area contributed by atoms with Crippen LogP contribution in [-0.2, 0) is 22.6 Å². The molecule has 118 valence electrons. The fourth-order valence-corrected chi connectivity index (χ4v) is 1.82. The summed E-state index contributed by atoms with van der Waals surface area (Å²) in [5, 5.41) is 5.54. The number of benzene rings is 1. The lowest BCUT2D eigenvalue weighted by atomic mass is 10.2. The van der Waals surface area contributed by atoms with Crippen LogP contribution in [0.4, 0.5) is 10.5 Å². The largest absolute Gasteiger partial charge is 0.472 e. The molecule has 0 aliphatic heterocycles. The van der Waals surface area contributed by atoms with Crippen LogP contribution >= 0.6 is 0 Å². The van der Waals surface area contributed by atoms with Gasteiger partial charge in [0.15, 0.2) is 0 Å². The molecule has 1 aromatic heterocycles. The number of carbonyl (C=O) groups is 1. The molecular formula is C16H20N2O4. The third-order valence-corrected chi connectivity index (χ3v) is 2.92. The van der Waals surface area contributed by atoms with Crippen molar-refractivity contribution in [1.29, 1.82) is 0 Å². The van der Waals surface area contributed by atoms with E-state index < -0.39 is 0 Å². The molecule has 2 rings (SSSR count). The maximum Gasteiger partial charge on any atom is 0.319 e. The SMILES string of the molecule is COCCOCc1cccc(NC(=O)NCc2ccoc2)c1. The molecule has 6 nitrogen and oxygen atoms in total. The van der Waals surface area contributed by atoms with Gasteiger partial charge in [0.1, 0.15) is 0 Å². The van der Waals surface area contributed by atoms with Crippen LogP contribution in [0.2, 0.25) is 0 Å². The summed E-state index contributed by atoms with van der Waals surface area (Å²) in [7, 11) is 1.63. The zero-order chi connectivity index (χ0) is 15.6. The first-order chi connectivity index (χ1) is 10.8. The van der Waals surface area contributed by atoms with Crippen molar-refractivity contribution in [3.63, 3.8) is 0 Å². The standard InChI is InChI=1S/C16H20N2O4/c1-20-7-8-22-11-13-3-2-4-15(9-13)18-16(19)17-10-14-5-6-21-12-14/h2-6,9,12H,7-8,10-11H2,1H3,(H2,17,18,19). The lowest BCUT2D eigenvalue weighted by Crippen LogP contribution is -2.28. The Kier molecular flexibility index (Phi) is 6.47. The third kappa shape index (κ3) is 5.59. The van der Waals surface area contributed by atoms with E-state index in [0.29, 0.717) is 26.4 Å². The highest BCUT2D eigenvalue weighted by Crippen LogP contribution is 2.11. The second-order valence-corrected chi connectivity index (χ2v) is 4.69. The number of rotatable bonds is 8. The van der Waals surface area contributed by atoms with E-state index >= 15 is 0 Å². The van der Waals surface area contributed by atoms with E-state index in [-0.39, 0.29) is 6.03 Å². The minimum Gasteiger partial charge on any atom is -0.472 e. The van der Waals surface area contributed by atoms with Crippen molar-refractivity contribution in [2.24, 2.45) is 0 Å². The average molecular weight is 304 g/mol. The number of hydrogen-bond acceptors (Lipinski definition) is 4. The predicted molar refractivity (Wildman–Crippen MR) is 82.5 cm³/mol. The van der Waals surface area contributed by atoms with E-state index in [1.165, 1.54) is 0 Å². The van der Waals surface area contributed by atoms with Crippen LogP contribution in [0, 0.1) is 0 Å². The van der Waals surface area contributed by atoms with Crippen molar-refractivity contribution in [3.05, 3.63) is 54.0 Å². The van der Waals surface area contributed by atoms with Crippen LogP contribution in [0.25, 0.3) is 0 Å². The number of hydrogen-bond donors (Lipinski definition) is 2. The van der Waals surface area contributed by atoms with Crippen LogP contribution in [0.3, 0.4) is 0 Å². The number of methoxy groups -OCH3 is 1. The van der Waals surface area contributed by atoms with E-state index in [9.17, 15) is 4.79 Å². The zero-order valence-corrected chi connectivity index (χ0v) is 12.5. The molecule has 0 bridgehead atoms. The number of anilines is 1. The van der Waals surface area contributed by atoms with Gasteiger partial charge in [0.2, 0.25) is 0 Å². The molecule has 2 N–H and O–H groups in total. The number of furan rings is 1. The fraction of sp³-hybridized carbons (Fsp3) is 0.312. The summed E-state index contributed by atoms with van der Waals surface area (Å²) in [4.78, 5) is 11.8. The minimum atomic E-state index is -0.265. The summed E-state index contributed by atoms with van der Waals surface area (Å²) in [5.74, 6) is 0. The Balaban J connectivity index is 1.77. The van der Waals surface area contributed by atoms with Gasteiger partial charge in [-0.25, -0.2) is 4.79 Å². The van der Waals surface area contributed by atoms with Gasteiger partial charge in [-0.05, 0) is 23.8 Å². The Morgan fingerprint density at radius 2 is 2.14 bits per heavy atom. The molecule has 0 saturated carbocycles. The Morgan fingerprint density at radius 1 is 1.23 bits per heavy atom.